The zero-order valence-corrected chi connectivity index (χ0v) is 10.9. The van der Waals surface area contributed by atoms with Crippen LogP contribution in [0.2, 0.25) is 0 Å². The number of nitrogens with two attached hydrogens (primary N) is 1. The summed E-state index contributed by atoms with van der Waals surface area (Å²) in [5, 5.41) is 11.8. The fourth-order valence-electron chi connectivity index (χ4n) is 2.55. The lowest BCUT2D eigenvalue weighted by Gasteiger charge is -2.34. The average molecular weight is 243 g/mol. The molecule has 0 bridgehead atoms. The van der Waals surface area contributed by atoms with E-state index in [1.807, 2.05) is 0 Å². The quantitative estimate of drug-likeness (QED) is 0.307. The van der Waals surface area contributed by atoms with E-state index in [0.29, 0.717) is 24.5 Å². The van der Waals surface area contributed by atoms with Gasteiger partial charge in [-0.3, -0.25) is 4.90 Å². The van der Waals surface area contributed by atoms with Crippen LogP contribution in [-0.2, 0) is 4.74 Å². The Morgan fingerprint density at radius 3 is 2.71 bits per heavy atom. The van der Waals surface area contributed by atoms with Crippen molar-refractivity contribution in [1.82, 2.24) is 4.90 Å². The zero-order chi connectivity index (χ0) is 12.7. The van der Waals surface area contributed by atoms with E-state index in [1.165, 1.54) is 25.7 Å². The number of oxime groups is 1. The van der Waals surface area contributed by atoms with Crippen LogP contribution in [-0.4, -0.2) is 48.3 Å². The molecular formula is C12H25N3O2. The highest BCUT2D eigenvalue weighted by atomic mass is 16.5. The van der Waals surface area contributed by atoms with Crippen molar-refractivity contribution in [1.29, 1.82) is 0 Å². The Kier molecular flexibility index (Phi) is 6.29. The lowest BCUT2D eigenvalue weighted by molar-refractivity contribution is 0.119. The number of methoxy groups -OCH3 is 1. The first-order valence-electron chi connectivity index (χ1n) is 6.40. The van der Waals surface area contributed by atoms with Crippen molar-refractivity contribution in [2.45, 2.75) is 51.1 Å². The molecule has 0 radical (unpaired) electrons. The van der Waals surface area contributed by atoms with Crippen LogP contribution in [0.25, 0.3) is 0 Å². The minimum atomic E-state index is 0.293. The van der Waals surface area contributed by atoms with Crippen molar-refractivity contribution in [2.24, 2.45) is 10.9 Å². The third kappa shape index (κ3) is 4.52. The highest BCUT2D eigenvalue weighted by Gasteiger charge is 2.26. The normalized spacial score (nSPS) is 20.1. The highest BCUT2D eigenvalue weighted by Crippen LogP contribution is 2.25. The topological polar surface area (TPSA) is 71.1 Å². The molecule has 3 N–H and O–H groups in total. The minimum absolute atomic E-state index is 0.293. The van der Waals surface area contributed by atoms with Gasteiger partial charge in [-0.1, -0.05) is 18.0 Å². The van der Waals surface area contributed by atoms with E-state index >= 15 is 0 Å². The van der Waals surface area contributed by atoms with E-state index in [9.17, 15) is 0 Å². The predicted octanol–water partition coefficient (Wildman–Crippen LogP) is 1.40. The van der Waals surface area contributed by atoms with Crippen molar-refractivity contribution in [3.05, 3.63) is 0 Å². The third-order valence-electron chi connectivity index (χ3n) is 3.57. The van der Waals surface area contributed by atoms with E-state index in [4.69, 9.17) is 15.7 Å². The Bertz CT molecular complexity index is 240. The summed E-state index contributed by atoms with van der Waals surface area (Å²) < 4.78 is 5.12. The van der Waals surface area contributed by atoms with Crippen molar-refractivity contribution < 1.29 is 9.94 Å². The van der Waals surface area contributed by atoms with Crippen molar-refractivity contribution >= 4 is 5.84 Å². The van der Waals surface area contributed by atoms with Gasteiger partial charge in [0.1, 0.15) is 0 Å². The van der Waals surface area contributed by atoms with Crippen molar-refractivity contribution in [2.75, 3.05) is 20.3 Å². The standard InChI is InChI=1S/C12H25N3O2/c1-10(7-8-17-2)15(9-12(13)14-16)11-5-3-4-6-11/h10-11,16H,3-9H2,1-2H3,(H2,13,14). The lowest BCUT2D eigenvalue weighted by atomic mass is 10.1. The van der Waals surface area contributed by atoms with Crippen molar-refractivity contribution in [3.63, 3.8) is 0 Å². The van der Waals surface area contributed by atoms with Crippen LogP contribution in [0.3, 0.4) is 0 Å². The number of hydrogen-bond acceptors (Lipinski definition) is 4. The van der Waals surface area contributed by atoms with Gasteiger partial charge in [0.25, 0.3) is 0 Å². The zero-order valence-electron chi connectivity index (χ0n) is 10.9. The molecule has 1 saturated carbocycles. The summed E-state index contributed by atoms with van der Waals surface area (Å²) in [4.78, 5) is 2.35. The van der Waals surface area contributed by atoms with E-state index < -0.39 is 0 Å². The summed E-state index contributed by atoms with van der Waals surface area (Å²) in [6.45, 7) is 3.48. The Labute approximate surface area is 104 Å². The van der Waals surface area contributed by atoms with Gasteiger partial charge < -0.3 is 15.7 Å². The molecule has 0 spiro atoms. The van der Waals surface area contributed by atoms with Crippen molar-refractivity contribution in [3.8, 4) is 0 Å². The van der Waals surface area contributed by atoms with Crippen LogP contribution in [0.1, 0.15) is 39.0 Å². The molecule has 17 heavy (non-hydrogen) atoms. The number of nitrogens with zero attached hydrogens (tertiary/aromatic N) is 2. The first-order valence-corrected chi connectivity index (χ1v) is 6.40. The predicted molar refractivity (Wildman–Crippen MR) is 68.3 cm³/mol. The van der Waals surface area contributed by atoms with E-state index in [-0.39, 0.29) is 0 Å². The van der Waals surface area contributed by atoms with E-state index in [0.717, 1.165) is 13.0 Å². The highest BCUT2D eigenvalue weighted by molar-refractivity contribution is 5.81. The Hall–Kier alpha value is -0.810. The van der Waals surface area contributed by atoms with Gasteiger partial charge in [-0.25, -0.2) is 0 Å². The van der Waals surface area contributed by atoms with Gasteiger partial charge in [-0.15, -0.1) is 0 Å². The second kappa shape index (κ2) is 7.50. The Morgan fingerprint density at radius 1 is 1.53 bits per heavy atom. The fraction of sp³-hybridized carbons (Fsp3) is 0.917. The van der Waals surface area contributed by atoms with E-state index in [1.54, 1.807) is 7.11 Å². The van der Waals surface area contributed by atoms with Gasteiger partial charge in [-0.2, -0.15) is 0 Å². The van der Waals surface area contributed by atoms with Gasteiger partial charge in [0.15, 0.2) is 5.84 Å². The minimum Gasteiger partial charge on any atom is -0.409 e. The van der Waals surface area contributed by atoms with Gasteiger partial charge in [-0.05, 0) is 26.2 Å². The largest absolute Gasteiger partial charge is 0.409 e. The first kappa shape index (κ1) is 14.3. The molecule has 1 unspecified atom stereocenters. The second-order valence-electron chi connectivity index (χ2n) is 4.83. The molecule has 1 aliphatic carbocycles. The number of hydrogen-bond donors (Lipinski definition) is 2. The molecule has 0 saturated heterocycles. The smallest absolute Gasteiger partial charge is 0.153 e. The number of amidine groups is 1. The molecule has 0 aromatic carbocycles. The van der Waals surface area contributed by atoms with Crippen LogP contribution in [0.4, 0.5) is 0 Å². The summed E-state index contributed by atoms with van der Waals surface area (Å²) >= 11 is 0. The molecule has 100 valence electrons. The molecule has 1 fully saturated rings. The molecule has 1 atom stereocenters. The van der Waals surface area contributed by atoms with E-state index in [2.05, 4.69) is 17.0 Å². The van der Waals surface area contributed by atoms with Crippen LogP contribution < -0.4 is 5.73 Å². The molecular weight excluding hydrogens is 218 g/mol. The first-order chi connectivity index (χ1) is 8.19. The second-order valence-corrected chi connectivity index (χ2v) is 4.83. The maximum Gasteiger partial charge on any atom is 0.153 e. The monoisotopic (exact) mass is 243 g/mol. The van der Waals surface area contributed by atoms with Gasteiger partial charge >= 0.3 is 0 Å². The average Bonchev–Trinajstić information content (AvgIpc) is 2.86. The molecule has 0 aromatic rings. The summed E-state index contributed by atoms with van der Waals surface area (Å²) in [7, 11) is 1.72. The SMILES string of the molecule is COCCC(C)N(CC(N)=NO)C1CCCC1. The lowest BCUT2D eigenvalue weighted by Crippen LogP contribution is -2.45. The third-order valence-corrected chi connectivity index (χ3v) is 3.57. The Balaban J connectivity index is 2.56. The van der Waals surface area contributed by atoms with Gasteiger partial charge in [0, 0.05) is 25.8 Å². The molecule has 5 nitrogen and oxygen atoms in total. The molecule has 0 heterocycles. The van der Waals surface area contributed by atoms with Crippen LogP contribution in [0.5, 0.6) is 0 Å². The molecule has 5 heteroatoms. The van der Waals surface area contributed by atoms with Gasteiger partial charge in [0.05, 0.1) is 6.54 Å². The number of ether oxygens (including phenoxy) is 1. The number of rotatable bonds is 7. The summed E-state index contributed by atoms with van der Waals surface area (Å²) in [5.74, 6) is 0.293. The van der Waals surface area contributed by atoms with Crippen LogP contribution in [0.15, 0.2) is 5.16 Å². The van der Waals surface area contributed by atoms with Crippen LogP contribution >= 0.6 is 0 Å². The van der Waals surface area contributed by atoms with Crippen LogP contribution in [0, 0.1) is 0 Å². The molecule has 1 aliphatic rings. The maximum absolute atomic E-state index is 8.70. The molecule has 0 aliphatic heterocycles. The summed E-state index contributed by atoms with van der Waals surface area (Å²) in [6, 6.07) is 0.973. The fourth-order valence-corrected chi connectivity index (χ4v) is 2.55. The summed E-state index contributed by atoms with van der Waals surface area (Å²) in [6.07, 6.45) is 5.99. The summed E-state index contributed by atoms with van der Waals surface area (Å²) in [5.41, 5.74) is 5.64. The Morgan fingerprint density at radius 2 is 2.18 bits per heavy atom. The molecule has 0 aromatic heterocycles. The maximum atomic E-state index is 8.70. The van der Waals surface area contributed by atoms with Gasteiger partial charge in [0.2, 0.25) is 0 Å². The molecule has 1 rings (SSSR count). The molecule has 0 amide bonds.